The smallest absolute Gasteiger partial charge is 0.332 e. The van der Waals surface area contributed by atoms with Gasteiger partial charge in [0.25, 0.3) is 0 Å². The lowest BCUT2D eigenvalue weighted by atomic mass is 10.1. The lowest BCUT2D eigenvalue weighted by molar-refractivity contribution is -0.136. The fourth-order valence-electron chi connectivity index (χ4n) is 0.713. The maximum Gasteiger partial charge on any atom is 0.332 e. The number of carboxylic acids is 1. The summed E-state index contributed by atoms with van der Waals surface area (Å²) in [4.78, 5) is 20.3. The summed E-state index contributed by atoms with van der Waals surface area (Å²) in [5, 5.41) is 25.5. The standard InChI is InChI=1S/C7H12O4.C5H8O2/c1-5(7(10)11)2-3-6(9)4-8;1-4(2)5(6)7-3/h6,8-9H,1-4H2,(H,10,11);1H2,2-3H3. The quantitative estimate of drug-likeness (QED) is 0.474. The third-order valence-corrected chi connectivity index (χ3v) is 1.83. The average Bonchev–Trinajstić information content (AvgIpc) is 2.34. The van der Waals surface area contributed by atoms with Crippen molar-refractivity contribution in [2.45, 2.75) is 25.9 Å². The molecule has 0 bridgehead atoms. The van der Waals surface area contributed by atoms with E-state index in [1.165, 1.54) is 7.11 Å². The van der Waals surface area contributed by atoms with Gasteiger partial charge in [0.1, 0.15) is 0 Å². The van der Waals surface area contributed by atoms with Crippen LogP contribution in [0.5, 0.6) is 0 Å². The van der Waals surface area contributed by atoms with Crippen molar-refractivity contribution >= 4 is 11.9 Å². The second-order valence-corrected chi connectivity index (χ2v) is 3.56. The second-order valence-electron chi connectivity index (χ2n) is 3.56. The van der Waals surface area contributed by atoms with Crippen molar-refractivity contribution in [1.29, 1.82) is 0 Å². The van der Waals surface area contributed by atoms with Gasteiger partial charge in [0.2, 0.25) is 0 Å². The fraction of sp³-hybridized carbons (Fsp3) is 0.500. The Hall–Kier alpha value is -1.66. The molecule has 18 heavy (non-hydrogen) atoms. The van der Waals surface area contributed by atoms with E-state index in [4.69, 9.17) is 15.3 Å². The van der Waals surface area contributed by atoms with Crippen LogP contribution in [-0.2, 0) is 14.3 Å². The molecule has 0 heterocycles. The predicted octanol–water partition coefficient (Wildman–Crippen LogP) is 0.496. The Labute approximate surface area is 106 Å². The number of rotatable bonds is 6. The van der Waals surface area contributed by atoms with Crippen LogP contribution in [0.15, 0.2) is 24.3 Å². The highest BCUT2D eigenvalue weighted by Gasteiger charge is 2.07. The van der Waals surface area contributed by atoms with Crippen molar-refractivity contribution in [3.8, 4) is 0 Å². The van der Waals surface area contributed by atoms with E-state index in [1.54, 1.807) is 6.92 Å². The molecule has 0 fully saturated rings. The number of hydrogen-bond donors (Lipinski definition) is 3. The van der Waals surface area contributed by atoms with E-state index in [2.05, 4.69) is 17.9 Å². The minimum Gasteiger partial charge on any atom is -0.478 e. The summed E-state index contributed by atoms with van der Waals surface area (Å²) in [7, 11) is 1.33. The number of esters is 1. The molecule has 0 aromatic heterocycles. The van der Waals surface area contributed by atoms with Gasteiger partial charge in [0.05, 0.1) is 19.8 Å². The van der Waals surface area contributed by atoms with Crippen molar-refractivity contribution in [2.24, 2.45) is 0 Å². The van der Waals surface area contributed by atoms with Crippen LogP contribution in [0.1, 0.15) is 19.8 Å². The van der Waals surface area contributed by atoms with Gasteiger partial charge in [-0.05, 0) is 19.8 Å². The molecule has 6 heteroatoms. The molecular weight excluding hydrogens is 240 g/mol. The third kappa shape index (κ3) is 10.8. The summed E-state index contributed by atoms with van der Waals surface area (Å²) in [5.74, 6) is -1.41. The summed E-state index contributed by atoms with van der Waals surface area (Å²) in [6.07, 6.45) is -0.398. The average molecular weight is 260 g/mol. The van der Waals surface area contributed by atoms with Gasteiger partial charge in [-0.25, -0.2) is 9.59 Å². The maximum absolute atomic E-state index is 10.2. The van der Waals surface area contributed by atoms with E-state index < -0.39 is 12.1 Å². The number of carbonyl (C=O) groups excluding carboxylic acids is 1. The van der Waals surface area contributed by atoms with Gasteiger partial charge in [0, 0.05) is 11.1 Å². The van der Waals surface area contributed by atoms with Crippen molar-refractivity contribution < 1.29 is 29.6 Å². The Morgan fingerprint density at radius 2 is 1.83 bits per heavy atom. The number of carboxylic acid groups (broad SMARTS) is 1. The highest BCUT2D eigenvalue weighted by atomic mass is 16.5. The van der Waals surface area contributed by atoms with Gasteiger partial charge in [-0.15, -0.1) is 0 Å². The Bertz CT molecular complexity index is 308. The van der Waals surface area contributed by atoms with Crippen LogP contribution < -0.4 is 0 Å². The van der Waals surface area contributed by atoms with E-state index in [0.717, 1.165) is 0 Å². The van der Waals surface area contributed by atoms with Crippen molar-refractivity contribution in [1.82, 2.24) is 0 Å². The van der Waals surface area contributed by atoms with Crippen LogP contribution in [-0.4, -0.2) is 47.1 Å². The van der Waals surface area contributed by atoms with Crippen molar-refractivity contribution in [3.63, 3.8) is 0 Å². The molecule has 0 aromatic rings. The van der Waals surface area contributed by atoms with Gasteiger partial charge in [0.15, 0.2) is 0 Å². The summed E-state index contributed by atoms with van der Waals surface area (Å²) >= 11 is 0. The topological polar surface area (TPSA) is 104 Å². The van der Waals surface area contributed by atoms with Crippen LogP contribution in [0.2, 0.25) is 0 Å². The number of methoxy groups -OCH3 is 1. The van der Waals surface area contributed by atoms with Crippen molar-refractivity contribution in [3.05, 3.63) is 24.3 Å². The first-order valence-electron chi connectivity index (χ1n) is 5.20. The third-order valence-electron chi connectivity index (χ3n) is 1.83. The number of aliphatic carboxylic acids is 1. The Morgan fingerprint density at radius 1 is 1.33 bits per heavy atom. The zero-order valence-corrected chi connectivity index (χ0v) is 10.7. The molecule has 1 atom stereocenters. The molecule has 104 valence electrons. The fourth-order valence-corrected chi connectivity index (χ4v) is 0.713. The maximum atomic E-state index is 10.2. The molecule has 0 saturated heterocycles. The molecule has 6 nitrogen and oxygen atoms in total. The second kappa shape index (κ2) is 10.5. The SMILES string of the molecule is C=C(C)C(=O)OC.C=C(CCC(O)CO)C(=O)O. The number of carbonyl (C=O) groups is 2. The lowest BCUT2D eigenvalue weighted by Crippen LogP contribution is -2.12. The molecule has 0 aliphatic rings. The lowest BCUT2D eigenvalue weighted by Gasteiger charge is -2.05. The normalized spacial score (nSPS) is 10.7. The summed E-state index contributed by atoms with van der Waals surface area (Å²) in [6.45, 7) is 7.88. The van der Waals surface area contributed by atoms with Crippen LogP contribution >= 0.6 is 0 Å². The largest absolute Gasteiger partial charge is 0.478 e. The first-order valence-corrected chi connectivity index (χ1v) is 5.20. The molecule has 0 aliphatic carbocycles. The first kappa shape index (κ1) is 18.7. The number of aliphatic hydroxyl groups is 2. The first-order chi connectivity index (χ1) is 8.26. The zero-order chi connectivity index (χ0) is 14.7. The Kier molecular flexibility index (Phi) is 10.9. The molecule has 0 amide bonds. The minimum absolute atomic E-state index is 0.0532. The van der Waals surface area contributed by atoms with Crippen LogP contribution in [0.25, 0.3) is 0 Å². The summed E-state index contributed by atoms with van der Waals surface area (Å²) in [5.41, 5.74) is 0.486. The van der Waals surface area contributed by atoms with Crippen LogP contribution in [0.4, 0.5) is 0 Å². The number of aliphatic hydroxyl groups excluding tert-OH is 2. The molecule has 0 spiro atoms. The highest BCUT2D eigenvalue weighted by Crippen LogP contribution is 2.04. The van der Waals surface area contributed by atoms with E-state index in [0.29, 0.717) is 5.57 Å². The number of hydrogen-bond acceptors (Lipinski definition) is 5. The molecule has 0 radical (unpaired) electrons. The van der Waals surface area contributed by atoms with Gasteiger partial charge < -0.3 is 20.1 Å². The Morgan fingerprint density at radius 3 is 2.06 bits per heavy atom. The molecular formula is C12H20O6. The van der Waals surface area contributed by atoms with Gasteiger partial charge in [-0.2, -0.15) is 0 Å². The zero-order valence-electron chi connectivity index (χ0n) is 10.7. The predicted molar refractivity (Wildman–Crippen MR) is 65.9 cm³/mol. The molecule has 3 N–H and O–H groups in total. The summed E-state index contributed by atoms with van der Waals surface area (Å²) < 4.78 is 4.27. The highest BCUT2D eigenvalue weighted by molar-refractivity contribution is 5.86. The molecule has 0 aromatic carbocycles. The monoisotopic (exact) mass is 260 g/mol. The van der Waals surface area contributed by atoms with Crippen LogP contribution in [0, 0.1) is 0 Å². The van der Waals surface area contributed by atoms with Crippen molar-refractivity contribution in [2.75, 3.05) is 13.7 Å². The van der Waals surface area contributed by atoms with Gasteiger partial charge in [-0.3, -0.25) is 0 Å². The summed E-state index contributed by atoms with van der Waals surface area (Å²) in [6, 6.07) is 0. The van der Waals surface area contributed by atoms with E-state index in [1.807, 2.05) is 0 Å². The molecule has 0 saturated carbocycles. The van der Waals surface area contributed by atoms with Crippen LogP contribution in [0.3, 0.4) is 0 Å². The van der Waals surface area contributed by atoms with E-state index in [-0.39, 0.29) is 31.0 Å². The Balaban J connectivity index is 0. The minimum atomic E-state index is -1.06. The number of ether oxygens (including phenoxy) is 1. The van der Waals surface area contributed by atoms with E-state index in [9.17, 15) is 9.59 Å². The van der Waals surface area contributed by atoms with Gasteiger partial charge in [-0.1, -0.05) is 13.2 Å². The molecule has 0 aliphatic heterocycles. The molecule has 1 unspecified atom stereocenters. The molecule has 0 rings (SSSR count). The van der Waals surface area contributed by atoms with E-state index >= 15 is 0 Å². The van der Waals surface area contributed by atoms with Gasteiger partial charge >= 0.3 is 11.9 Å².